The Kier molecular flexibility index (Phi) is 8.52. The van der Waals surface area contributed by atoms with Gasteiger partial charge in [0.2, 0.25) is 0 Å². The fourth-order valence-electron chi connectivity index (χ4n) is 4.76. The van der Waals surface area contributed by atoms with E-state index >= 15 is 0 Å². The van der Waals surface area contributed by atoms with E-state index in [1.165, 1.54) is 30.0 Å². The van der Waals surface area contributed by atoms with Crippen LogP contribution < -0.4 is 9.80 Å². The van der Waals surface area contributed by atoms with Crippen molar-refractivity contribution in [1.82, 2.24) is 23.6 Å². The van der Waals surface area contributed by atoms with E-state index in [-0.39, 0.29) is 5.82 Å². The van der Waals surface area contributed by atoms with Crippen molar-refractivity contribution in [1.29, 1.82) is 0 Å². The van der Waals surface area contributed by atoms with E-state index in [9.17, 15) is 4.39 Å². The van der Waals surface area contributed by atoms with Crippen LogP contribution in [-0.4, -0.2) is 83.2 Å². The molecule has 0 radical (unpaired) electrons. The van der Waals surface area contributed by atoms with E-state index in [2.05, 4.69) is 69.8 Å². The number of imidazole rings is 1. The molecule has 0 N–H and O–H groups in total. The highest BCUT2D eigenvalue weighted by Crippen LogP contribution is 2.34. The Morgan fingerprint density at radius 2 is 1.76 bits per heavy atom. The molecule has 0 unspecified atom stereocenters. The molecule has 202 valence electrons. The van der Waals surface area contributed by atoms with Crippen LogP contribution >= 0.6 is 23.3 Å². The molecule has 4 heterocycles. The Labute approximate surface area is 233 Å². The highest BCUT2D eigenvalue weighted by molar-refractivity contribution is 7.97. The number of hydrogen-bond acceptors (Lipinski definition) is 8. The largest absolute Gasteiger partial charge is 0.368 e. The summed E-state index contributed by atoms with van der Waals surface area (Å²) in [5, 5.41) is 2.91. The first-order chi connectivity index (χ1) is 18.4. The monoisotopic (exact) mass is 553 g/mol. The summed E-state index contributed by atoms with van der Waals surface area (Å²) in [6, 6.07) is 10.8. The molecular weight excluding hydrogens is 517 g/mol. The molecule has 0 saturated carbocycles. The maximum atomic E-state index is 13.4. The second-order valence-corrected chi connectivity index (χ2v) is 11.9. The van der Waals surface area contributed by atoms with Crippen LogP contribution in [0.2, 0.25) is 0 Å². The van der Waals surface area contributed by atoms with Crippen molar-refractivity contribution < 1.29 is 4.39 Å². The van der Waals surface area contributed by atoms with Gasteiger partial charge in [-0.3, -0.25) is 4.40 Å². The summed E-state index contributed by atoms with van der Waals surface area (Å²) in [5.41, 5.74) is 4.96. The Hall–Kier alpha value is -2.66. The summed E-state index contributed by atoms with van der Waals surface area (Å²) in [6.45, 7) is 7.43. The molecule has 0 bridgehead atoms. The molecule has 5 rings (SSSR count). The first-order valence-electron chi connectivity index (χ1n) is 13.2. The van der Waals surface area contributed by atoms with Gasteiger partial charge in [-0.2, -0.15) is 0 Å². The molecule has 0 spiro atoms. The molecule has 4 aromatic rings. The number of piperazine rings is 1. The molecule has 1 fully saturated rings. The summed E-state index contributed by atoms with van der Waals surface area (Å²) in [4.78, 5) is 16.6. The van der Waals surface area contributed by atoms with Crippen molar-refractivity contribution in [2.75, 3.05) is 69.4 Å². The van der Waals surface area contributed by atoms with Crippen LogP contribution in [0, 0.1) is 5.82 Å². The maximum Gasteiger partial charge on any atom is 0.191 e. The number of hydrogen-bond donors (Lipinski definition) is 0. The van der Waals surface area contributed by atoms with Gasteiger partial charge in [-0.05, 0) is 69.9 Å². The molecule has 0 amide bonds. The summed E-state index contributed by atoms with van der Waals surface area (Å²) in [6.07, 6.45) is 4.27. The summed E-state index contributed by atoms with van der Waals surface area (Å²) >= 11 is 3.57. The predicted molar refractivity (Wildman–Crippen MR) is 160 cm³/mol. The van der Waals surface area contributed by atoms with E-state index in [0.717, 1.165) is 72.7 Å². The minimum atomic E-state index is -0.240. The lowest BCUT2D eigenvalue weighted by Crippen LogP contribution is -2.43. The number of fused-ring (bicyclic) bond motifs is 1. The van der Waals surface area contributed by atoms with Crippen LogP contribution in [0.25, 0.3) is 16.9 Å². The minimum Gasteiger partial charge on any atom is -0.368 e. The second kappa shape index (κ2) is 12.0. The Morgan fingerprint density at radius 3 is 2.47 bits per heavy atom. The molecule has 1 saturated heterocycles. The van der Waals surface area contributed by atoms with E-state index in [0.29, 0.717) is 0 Å². The van der Waals surface area contributed by atoms with Crippen LogP contribution in [0.5, 0.6) is 0 Å². The molecular formula is C28H36FN7S2. The molecule has 0 aliphatic carbocycles. The third-order valence-corrected chi connectivity index (χ3v) is 8.96. The maximum absolute atomic E-state index is 13.4. The van der Waals surface area contributed by atoms with Gasteiger partial charge in [0.05, 0.1) is 17.1 Å². The topological polar surface area (TPSA) is 43.2 Å². The average Bonchev–Trinajstić information content (AvgIpc) is 3.56. The first kappa shape index (κ1) is 26.9. The van der Waals surface area contributed by atoms with Crippen molar-refractivity contribution >= 4 is 45.6 Å². The van der Waals surface area contributed by atoms with Crippen molar-refractivity contribution in [3.63, 3.8) is 0 Å². The normalized spacial score (nSPS) is 14.6. The fraction of sp³-hybridized carbons (Fsp3) is 0.429. The van der Waals surface area contributed by atoms with Gasteiger partial charge in [-0.1, -0.05) is 18.9 Å². The lowest BCUT2D eigenvalue weighted by atomic mass is 10.2. The van der Waals surface area contributed by atoms with Crippen molar-refractivity contribution in [2.24, 2.45) is 0 Å². The zero-order valence-electron chi connectivity index (χ0n) is 22.6. The molecule has 7 nitrogen and oxygen atoms in total. The van der Waals surface area contributed by atoms with Crippen LogP contribution in [0.1, 0.15) is 19.0 Å². The van der Waals surface area contributed by atoms with Gasteiger partial charge in [0.25, 0.3) is 0 Å². The SMILES string of the molecule is CCc1nc2ccc(N3CCN(SCCCN(C)C)CC3)cn2c1N(C)c1nc(-c2ccc(F)cc2)cs1. The zero-order valence-corrected chi connectivity index (χ0v) is 24.2. The fourth-order valence-corrected chi connectivity index (χ4v) is 6.50. The number of aryl methyl sites for hydroxylation is 1. The van der Waals surface area contributed by atoms with E-state index in [4.69, 9.17) is 9.97 Å². The molecule has 0 atom stereocenters. The van der Waals surface area contributed by atoms with Crippen LogP contribution in [0.4, 0.5) is 21.0 Å². The Bertz CT molecular complexity index is 1340. The van der Waals surface area contributed by atoms with Gasteiger partial charge < -0.3 is 14.7 Å². The Morgan fingerprint density at radius 1 is 1.00 bits per heavy atom. The van der Waals surface area contributed by atoms with Gasteiger partial charge >= 0.3 is 0 Å². The van der Waals surface area contributed by atoms with Crippen LogP contribution in [0.15, 0.2) is 48.0 Å². The smallest absolute Gasteiger partial charge is 0.191 e. The molecule has 1 aliphatic rings. The Balaban J connectivity index is 1.32. The van der Waals surface area contributed by atoms with E-state index < -0.39 is 0 Å². The predicted octanol–water partition coefficient (Wildman–Crippen LogP) is 5.65. The first-order valence-corrected chi connectivity index (χ1v) is 15.0. The minimum absolute atomic E-state index is 0.240. The van der Waals surface area contributed by atoms with Crippen molar-refractivity contribution in [2.45, 2.75) is 19.8 Å². The third-order valence-electron chi connectivity index (χ3n) is 6.85. The second-order valence-electron chi connectivity index (χ2n) is 9.84. The standard InChI is InChI=1S/C28H36FN7S2/c1-5-24-27(33(4)28-31-25(20-37-28)21-7-9-22(29)10-8-21)36-19-23(11-12-26(36)30-24)34-14-16-35(17-15-34)38-18-6-13-32(2)3/h7-12,19-20H,5-6,13-18H2,1-4H3. The number of thiazole rings is 1. The van der Waals surface area contributed by atoms with Crippen molar-refractivity contribution in [3.05, 3.63) is 59.5 Å². The number of pyridine rings is 1. The summed E-state index contributed by atoms with van der Waals surface area (Å²) in [5.74, 6) is 1.98. The molecule has 38 heavy (non-hydrogen) atoms. The third kappa shape index (κ3) is 5.98. The molecule has 3 aromatic heterocycles. The number of aromatic nitrogens is 3. The number of anilines is 3. The van der Waals surface area contributed by atoms with Crippen molar-refractivity contribution in [3.8, 4) is 11.3 Å². The van der Waals surface area contributed by atoms with Crippen LogP contribution in [0.3, 0.4) is 0 Å². The average molecular weight is 554 g/mol. The number of benzene rings is 1. The highest BCUT2D eigenvalue weighted by Gasteiger charge is 2.22. The van der Waals surface area contributed by atoms with Gasteiger partial charge in [-0.25, -0.2) is 18.7 Å². The van der Waals surface area contributed by atoms with E-state index in [1.807, 2.05) is 17.3 Å². The number of halogens is 1. The number of rotatable bonds is 10. The summed E-state index contributed by atoms with van der Waals surface area (Å²) in [7, 11) is 6.32. The molecule has 1 aliphatic heterocycles. The van der Waals surface area contributed by atoms with Crippen LogP contribution in [-0.2, 0) is 6.42 Å². The van der Waals surface area contributed by atoms with Gasteiger partial charge in [0, 0.05) is 56.1 Å². The summed E-state index contributed by atoms with van der Waals surface area (Å²) < 4.78 is 18.1. The van der Waals surface area contributed by atoms with Gasteiger partial charge in [0.1, 0.15) is 17.3 Å². The highest BCUT2D eigenvalue weighted by atomic mass is 32.2. The van der Waals surface area contributed by atoms with Gasteiger partial charge in [-0.15, -0.1) is 11.3 Å². The zero-order chi connectivity index (χ0) is 26.6. The van der Waals surface area contributed by atoms with Gasteiger partial charge in [0.15, 0.2) is 5.13 Å². The number of nitrogens with zero attached hydrogens (tertiary/aromatic N) is 7. The lowest BCUT2D eigenvalue weighted by Gasteiger charge is -2.35. The van der Waals surface area contributed by atoms with E-state index in [1.54, 1.807) is 23.5 Å². The quantitative estimate of drug-likeness (QED) is 0.186. The lowest BCUT2D eigenvalue weighted by molar-refractivity contribution is 0.405. The molecule has 1 aromatic carbocycles. The molecule has 10 heteroatoms.